The molecule has 2 N–H and O–H groups in total. The van der Waals surface area contributed by atoms with Crippen LogP contribution in [-0.2, 0) is 29.5 Å². The molecular weight excluding hydrogens is 498 g/mol. The van der Waals surface area contributed by atoms with Crippen LogP contribution in [0.2, 0.25) is 5.02 Å². The summed E-state index contributed by atoms with van der Waals surface area (Å²) in [6, 6.07) is 16.1. The summed E-state index contributed by atoms with van der Waals surface area (Å²) in [6.45, 7) is 0.641. The van der Waals surface area contributed by atoms with Crippen LogP contribution in [-0.4, -0.2) is 33.2 Å². The van der Waals surface area contributed by atoms with E-state index in [-0.39, 0.29) is 5.41 Å². The number of halogens is 1. The van der Waals surface area contributed by atoms with Crippen molar-refractivity contribution in [2.45, 2.75) is 75.2 Å². The smallest absolute Gasteiger partial charge is 0.329 e. The average molecular weight is 532 g/mol. The van der Waals surface area contributed by atoms with Gasteiger partial charge < -0.3 is 15.2 Å². The molecule has 0 aliphatic heterocycles. The first-order valence-electron chi connectivity index (χ1n) is 13.8. The molecule has 1 fully saturated rings. The highest BCUT2D eigenvalue weighted by Crippen LogP contribution is 2.55. The molecule has 3 aliphatic carbocycles. The van der Waals surface area contributed by atoms with Crippen LogP contribution in [0.5, 0.6) is 5.88 Å². The molecule has 7 heteroatoms. The molecule has 198 valence electrons. The number of carboxylic acids is 1. The van der Waals surface area contributed by atoms with Crippen LogP contribution in [0.4, 0.5) is 5.69 Å². The number of fused-ring (bicyclic) bond motifs is 3. The minimum atomic E-state index is -0.992. The van der Waals surface area contributed by atoms with Crippen LogP contribution >= 0.6 is 11.6 Å². The highest BCUT2D eigenvalue weighted by atomic mass is 35.5. The number of nitrogens with zero attached hydrogens (tertiary/aromatic N) is 2. The molecule has 3 aliphatic rings. The number of aromatic nitrogens is 2. The lowest BCUT2D eigenvalue weighted by molar-refractivity contribution is -0.144. The van der Waals surface area contributed by atoms with Crippen molar-refractivity contribution >= 4 is 23.3 Å². The average Bonchev–Trinajstić information content (AvgIpc) is 3.52. The van der Waals surface area contributed by atoms with Crippen molar-refractivity contribution in [3.05, 3.63) is 82.3 Å². The first-order valence-corrected chi connectivity index (χ1v) is 14.2. The number of rotatable bonds is 8. The fraction of sp³-hybridized carbons (Fsp3) is 0.452. The van der Waals surface area contributed by atoms with Gasteiger partial charge in [-0.1, -0.05) is 41.9 Å². The Bertz CT molecular complexity index is 1340. The second kappa shape index (κ2) is 10.2. The second-order valence-corrected chi connectivity index (χ2v) is 11.6. The summed E-state index contributed by atoms with van der Waals surface area (Å²) in [5.74, 6) is 0.437. The van der Waals surface area contributed by atoms with Gasteiger partial charge in [-0.15, -0.1) is 0 Å². The lowest BCUT2D eigenvalue weighted by Gasteiger charge is -2.47. The predicted octanol–water partition coefficient (Wildman–Crippen LogP) is 6.40. The fourth-order valence-corrected chi connectivity index (χ4v) is 7.42. The third kappa shape index (κ3) is 4.53. The number of nitrogens with one attached hydrogen (secondary N) is 1. The van der Waals surface area contributed by atoms with Crippen molar-refractivity contribution in [1.82, 2.24) is 9.97 Å². The molecule has 0 radical (unpaired) electrons. The maximum absolute atomic E-state index is 12.6. The number of carboxylic acid groups (broad SMARTS) is 1. The number of ether oxygens (including phenoxy) is 1. The maximum atomic E-state index is 12.6. The standard InChI is InChI=1S/C31H34ClN3O3/c32-23-8-3-9-24(19-23)35-31(29(36)37)15-13-30(14-16-31)22(18-21-6-1-2-11-26(21)30)7-5-17-38-28-25-10-4-12-27(25)33-20-34-28/h1-3,6,8-9,11,19-20,22,35H,4-5,7,10,12-18H2,(H,36,37)/t22-,30?,31?/m1/s1. The van der Waals surface area contributed by atoms with Crippen molar-refractivity contribution in [3.63, 3.8) is 0 Å². The van der Waals surface area contributed by atoms with Gasteiger partial charge in [0.25, 0.3) is 0 Å². The largest absolute Gasteiger partial charge is 0.480 e. The van der Waals surface area contributed by atoms with Gasteiger partial charge in [-0.25, -0.2) is 14.8 Å². The molecule has 1 aromatic heterocycles. The van der Waals surface area contributed by atoms with Crippen molar-refractivity contribution in [2.75, 3.05) is 11.9 Å². The molecule has 1 atom stereocenters. The zero-order chi connectivity index (χ0) is 26.2. The molecule has 1 saturated carbocycles. The molecule has 1 spiro atoms. The van der Waals surface area contributed by atoms with E-state index in [2.05, 4.69) is 39.6 Å². The summed E-state index contributed by atoms with van der Waals surface area (Å²) in [6.07, 6.45) is 10.6. The molecule has 6 nitrogen and oxygen atoms in total. The van der Waals surface area contributed by atoms with Crippen LogP contribution in [0, 0.1) is 5.92 Å². The first-order chi connectivity index (χ1) is 18.5. The number of hydrogen-bond acceptors (Lipinski definition) is 5. The summed E-state index contributed by atoms with van der Waals surface area (Å²) in [7, 11) is 0. The van der Waals surface area contributed by atoms with Gasteiger partial charge in [0.05, 0.1) is 12.3 Å². The zero-order valence-electron chi connectivity index (χ0n) is 21.6. The summed E-state index contributed by atoms with van der Waals surface area (Å²) in [5.41, 5.74) is 4.92. The highest BCUT2D eigenvalue weighted by molar-refractivity contribution is 6.30. The Kier molecular flexibility index (Phi) is 6.77. The number of benzene rings is 2. The lowest BCUT2D eigenvalue weighted by Crippen LogP contribution is -2.53. The topological polar surface area (TPSA) is 84.3 Å². The van der Waals surface area contributed by atoms with Crippen LogP contribution in [0.1, 0.15) is 67.3 Å². The van der Waals surface area contributed by atoms with Crippen LogP contribution in [0.3, 0.4) is 0 Å². The molecule has 0 amide bonds. The van der Waals surface area contributed by atoms with Crippen molar-refractivity contribution < 1.29 is 14.6 Å². The minimum absolute atomic E-state index is 0.00171. The number of carbonyl (C=O) groups is 1. The number of aryl methyl sites for hydroxylation is 1. The maximum Gasteiger partial charge on any atom is 0.329 e. The number of anilines is 1. The monoisotopic (exact) mass is 531 g/mol. The Hall–Kier alpha value is -3.12. The summed E-state index contributed by atoms with van der Waals surface area (Å²) >= 11 is 6.18. The van der Waals surface area contributed by atoms with Crippen LogP contribution < -0.4 is 10.1 Å². The molecule has 2 aromatic carbocycles. The van der Waals surface area contributed by atoms with E-state index in [1.807, 2.05) is 12.1 Å². The Balaban J connectivity index is 1.17. The normalized spacial score (nSPS) is 25.7. The quantitative estimate of drug-likeness (QED) is 0.327. The van der Waals surface area contributed by atoms with Crippen molar-refractivity contribution in [2.24, 2.45) is 5.92 Å². The van der Waals surface area contributed by atoms with Gasteiger partial charge in [-0.05, 0) is 105 Å². The van der Waals surface area contributed by atoms with Gasteiger partial charge >= 0.3 is 5.97 Å². The second-order valence-electron chi connectivity index (χ2n) is 11.2. The predicted molar refractivity (Wildman–Crippen MR) is 148 cm³/mol. The van der Waals surface area contributed by atoms with Gasteiger partial charge in [-0.3, -0.25) is 0 Å². The van der Waals surface area contributed by atoms with Gasteiger partial charge in [0.1, 0.15) is 11.9 Å². The van der Waals surface area contributed by atoms with E-state index in [0.29, 0.717) is 30.4 Å². The van der Waals surface area contributed by atoms with Gasteiger partial charge in [0.2, 0.25) is 5.88 Å². The zero-order valence-corrected chi connectivity index (χ0v) is 22.3. The molecule has 0 unspecified atom stereocenters. The molecular formula is C31H34ClN3O3. The molecule has 1 heterocycles. The number of aliphatic carboxylic acids is 1. The number of hydrogen-bond donors (Lipinski definition) is 2. The summed E-state index contributed by atoms with van der Waals surface area (Å²) in [5, 5.41) is 14.3. The summed E-state index contributed by atoms with van der Waals surface area (Å²) < 4.78 is 6.15. The molecule has 0 saturated heterocycles. The minimum Gasteiger partial charge on any atom is -0.480 e. The van der Waals surface area contributed by atoms with Gasteiger partial charge in [0, 0.05) is 16.3 Å². The van der Waals surface area contributed by atoms with E-state index in [4.69, 9.17) is 16.3 Å². The van der Waals surface area contributed by atoms with Crippen LogP contribution in [0.25, 0.3) is 0 Å². The first kappa shape index (κ1) is 25.2. The Morgan fingerprint density at radius 2 is 1.92 bits per heavy atom. The van der Waals surface area contributed by atoms with Crippen molar-refractivity contribution in [3.8, 4) is 5.88 Å². The van der Waals surface area contributed by atoms with E-state index in [0.717, 1.165) is 68.6 Å². The molecule has 0 bridgehead atoms. The summed E-state index contributed by atoms with van der Waals surface area (Å²) in [4.78, 5) is 21.4. The van der Waals surface area contributed by atoms with E-state index >= 15 is 0 Å². The van der Waals surface area contributed by atoms with E-state index in [9.17, 15) is 9.90 Å². The van der Waals surface area contributed by atoms with Crippen LogP contribution in [0.15, 0.2) is 54.9 Å². The Labute approximate surface area is 228 Å². The third-order valence-corrected chi connectivity index (χ3v) is 9.42. The lowest BCUT2D eigenvalue weighted by atomic mass is 9.60. The Morgan fingerprint density at radius 3 is 2.74 bits per heavy atom. The third-order valence-electron chi connectivity index (χ3n) is 9.19. The SMILES string of the molecule is O=C(O)C1(Nc2cccc(Cl)c2)CCC2(CC1)c1ccccc1C[C@H]2CCCOc1ncnc2c1CCC2. The Morgan fingerprint density at radius 1 is 1.08 bits per heavy atom. The van der Waals surface area contributed by atoms with E-state index in [1.165, 1.54) is 16.7 Å². The fourth-order valence-electron chi connectivity index (χ4n) is 7.23. The highest BCUT2D eigenvalue weighted by Gasteiger charge is 2.53. The molecule has 38 heavy (non-hydrogen) atoms. The molecule has 3 aromatic rings. The van der Waals surface area contributed by atoms with Gasteiger partial charge in [0.15, 0.2) is 0 Å². The van der Waals surface area contributed by atoms with E-state index in [1.54, 1.807) is 18.5 Å². The molecule has 6 rings (SSSR count). The van der Waals surface area contributed by atoms with E-state index < -0.39 is 11.5 Å². The van der Waals surface area contributed by atoms with Crippen molar-refractivity contribution in [1.29, 1.82) is 0 Å². The van der Waals surface area contributed by atoms with Gasteiger partial charge in [-0.2, -0.15) is 0 Å².